The number of hydrogen-bond acceptors (Lipinski definition) is 3. The van der Waals surface area contributed by atoms with E-state index in [0.29, 0.717) is 12.2 Å². The predicted molar refractivity (Wildman–Crippen MR) is 54.0 cm³/mol. The van der Waals surface area contributed by atoms with Gasteiger partial charge < -0.3 is 14.3 Å². The summed E-state index contributed by atoms with van der Waals surface area (Å²) in [6.07, 6.45) is 2.49. The molecule has 80 valence electrons. The smallest absolute Gasteiger partial charge is 0.132 e. The topological polar surface area (TPSA) is 42.6 Å². The summed E-state index contributed by atoms with van der Waals surface area (Å²) in [7, 11) is 1.68. The second kappa shape index (κ2) is 4.62. The van der Waals surface area contributed by atoms with Crippen LogP contribution in [0.25, 0.3) is 0 Å². The van der Waals surface area contributed by atoms with Crippen molar-refractivity contribution in [3.8, 4) is 0 Å². The van der Waals surface area contributed by atoms with Crippen molar-refractivity contribution in [1.29, 1.82) is 0 Å². The number of aliphatic hydroxyl groups excluding tert-OH is 1. The van der Waals surface area contributed by atoms with Gasteiger partial charge in [0.05, 0.1) is 11.9 Å². The van der Waals surface area contributed by atoms with Gasteiger partial charge in [0, 0.05) is 7.11 Å². The van der Waals surface area contributed by atoms with E-state index in [1.54, 1.807) is 25.5 Å². The molecular weight excluding hydrogens is 180 g/mol. The molecule has 0 saturated carbocycles. The average molecular weight is 198 g/mol. The Kier molecular flexibility index (Phi) is 3.72. The third-order valence-electron chi connectivity index (χ3n) is 2.44. The number of rotatable bonds is 5. The zero-order valence-corrected chi connectivity index (χ0v) is 8.99. The number of aliphatic hydroxyl groups is 1. The molecule has 0 aliphatic carbocycles. The maximum Gasteiger partial charge on any atom is 0.132 e. The van der Waals surface area contributed by atoms with Crippen molar-refractivity contribution in [2.75, 3.05) is 7.11 Å². The van der Waals surface area contributed by atoms with Crippen LogP contribution < -0.4 is 0 Å². The first kappa shape index (κ1) is 11.3. The molecule has 0 radical (unpaired) electrons. The molecule has 1 atom stereocenters. The molecule has 1 unspecified atom stereocenters. The molecule has 3 nitrogen and oxygen atoms in total. The third-order valence-corrected chi connectivity index (χ3v) is 2.44. The van der Waals surface area contributed by atoms with Gasteiger partial charge in [0.15, 0.2) is 0 Å². The van der Waals surface area contributed by atoms with Crippen molar-refractivity contribution in [2.45, 2.75) is 38.4 Å². The van der Waals surface area contributed by atoms with Gasteiger partial charge >= 0.3 is 0 Å². The lowest BCUT2D eigenvalue weighted by Gasteiger charge is -2.23. The van der Waals surface area contributed by atoms with Crippen LogP contribution in [0.5, 0.6) is 0 Å². The molecule has 1 rings (SSSR count). The molecular formula is C11H18O3. The summed E-state index contributed by atoms with van der Waals surface area (Å²) in [6, 6.07) is 3.56. The van der Waals surface area contributed by atoms with Crippen molar-refractivity contribution in [3.05, 3.63) is 24.2 Å². The highest BCUT2D eigenvalue weighted by atomic mass is 16.5. The predicted octanol–water partition coefficient (Wildman–Crippen LogP) is 2.52. The summed E-state index contributed by atoms with van der Waals surface area (Å²) in [5.74, 6) is 0.622. The molecule has 0 spiro atoms. The first-order valence-corrected chi connectivity index (χ1v) is 4.82. The number of methoxy groups -OCH3 is 1. The van der Waals surface area contributed by atoms with Crippen molar-refractivity contribution < 1.29 is 14.3 Å². The fourth-order valence-electron chi connectivity index (χ4n) is 1.21. The lowest BCUT2D eigenvalue weighted by atomic mass is 9.99. The number of hydrogen-bond donors (Lipinski definition) is 1. The zero-order chi connectivity index (χ0) is 10.6. The highest BCUT2D eigenvalue weighted by Crippen LogP contribution is 2.24. The number of furan rings is 1. The molecule has 14 heavy (non-hydrogen) atoms. The van der Waals surface area contributed by atoms with E-state index in [1.807, 2.05) is 13.8 Å². The Bertz CT molecular complexity index is 252. The number of ether oxygens (including phenoxy) is 1. The molecule has 0 aliphatic rings. The minimum atomic E-state index is -0.528. The minimum absolute atomic E-state index is 0.187. The summed E-state index contributed by atoms with van der Waals surface area (Å²) in [5.41, 5.74) is -0.187. The standard InChI is InChI=1S/C11H18O3/c1-11(2,13-3)7-6-9(12)10-5-4-8-14-10/h4-5,8-9,12H,6-7H2,1-3H3. The van der Waals surface area contributed by atoms with E-state index in [9.17, 15) is 5.11 Å². The van der Waals surface area contributed by atoms with Crippen LogP contribution in [0.3, 0.4) is 0 Å². The highest BCUT2D eigenvalue weighted by molar-refractivity contribution is 5.01. The van der Waals surface area contributed by atoms with Crippen LogP contribution in [-0.4, -0.2) is 17.8 Å². The maximum absolute atomic E-state index is 9.72. The first-order valence-electron chi connectivity index (χ1n) is 4.82. The van der Waals surface area contributed by atoms with Crippen LogP contribution in [0.4, 0.5) is 0 Å². The Balaban J connectivity index is 2.39. The van der Waals surface area contributed by atoms with Gasteiger partial charge in [-0.2, -0.15) is 0 Å². The quantitative estimate of drug-likeness (QED) is 0.790. The van der Waals surface area contributed by atoms with E-state index >= 15 is 0 Å². The third kappa shape index (κ3) is 3.16. The van der Waals surface area contributed by atoms with Gasteiger partial charge in [0.25, 0.3) is 0 Å². The highest BCUT2D eigenvalue weighted by Gasteiger charge is 2.19. The fraction of sp³-hybridized carbons (Fsp3) is 0.636. The van der Waals surface area contributed by atoms with E-state index in [-0.39, 0.29) is 5.60 Å². The summed E-state index contributed by atoms with van der Waals surface area (Å²) in [4.78, 5) is 0. The van der Waals surface area contributed by atoms with Crippen molar-refractivity contribution >= 4 is 0 Å². The molecule has 0 fully saturated rings. The molecule has 1 aromatic heterocycles. The summed E-state index contributed by atoms with van der Waals surface area (Å²) >= 11 is 0. The van der Waals surface area contributed by atoms with Gasteiger partial charge in [0.1, 0.15) is 11.9 Å². The minimum Gasteiger partial charge on any atom is -0.467 e. The molecule has 1 aromatic rings. The Morgan fingerprint density at radius 2 is 2.29 bits per heavy atom. The molecule has 1 N–H and O–H groups in total. The Hall–Kier alpha value is -0.800. The second-order valence-electron chi connectivity index (χ2n) is 4.03. The van der Waals surface area contributed by atoms with Crippen molar-refractivity contribution in [2.24, 2.45) is 0 Å². The summed E-state index contributed by atoms with van der Waals surface area (Å²) in [6.45, 7) is 4.00. The molecule has 0 bridgehead atoms. The van der Waals surface area contributed by atoms with Gasteiger partial charge in [0.2, 0.25) is 0 Å². The Morgan fingerprint density at radius 1 is 1.57 bits per heavy atom. The second-order valence-corrected chi connectivity index (χ2v) is 4.03. The van der Waals surface area contributed by atoms with Gasteiger partial charge in [-0.1, -0.05) is 0 Å². The van der Waals surface area contributed by atoms with Crippen LogP contribution in [0.1, 0.15) is 38.6 Å². The molecule has 0 saturated heterocycles. The summed E-state index contributed by atoms with van der Waals surface area (Å²) in [5, 5.41) is 9.72. The monoisotopic (exact) mass is 198 g/mol. The Labute approximate surface area is 84.7 Å². The van der Waals surface area contributed by atoms with Crippen LogP contribution in [0.15, 0.2) is 22.8 Å². The largest absolute Gasteiger partial charge is 0.467 e. The van der Waals surface area contributed by atoms with Crippen LogP contribution in [0, 0.1) is 0 Å². The lowest BCUT2D eigenvalue weighted by molar-refractivity contribution is 0.000781. The van der Waals surface area contributed by atoms with E-state index in [1.165, 1.54) is 0 Å². The average Bonchev–Trinajstić information content (AvgIpc) is 2.67. The van der Waals surface area contributed by atoms with Crippen molar-refractivity contribution in [3.63, 3.8) is 0 Å². The van der Waals surface area contributed by atoms with Gasteiger partial charge in [-0.15, -0.1) is 0 Å². The van der Waals surface area contributed by atoms with Crippen molar-refractivity contribution in [1.82, 2.24) is 0 Å². The molecule has 3 heteroatoms. The van der Waals surface area contributed by atoms with E-state index in [0.717, 1.165) is 6.42 Å². The zero-order valence-electron chi connectivity index (χ0n) is 8.99. The molecule has 0 aromatic carbocycles. The first-order chi connectivity index (χ1) is 6.55. The van der Waals surface area contributed by atoms with Crippen LogP contribution >= 0.6 is 0 Å². The molecule has 0 aliphatic heterocycles. The van der Waals surface area contributed by atoms with E-state index < -0.39 is 6.10 Å². The van der Waals surface area contributed by atoms with Crippen LogP contribution in [0.2, 0.25) is 0 Å². The molecule has 0 amide bonds. The van der Waals surface area contributed by atoms with Gasteiger partial charge in [-0.05, 0) is 38.8 Å². The summed E-state index contributed by atoms with van der Waals surface area (Å²) < 4.78 is 10.4. The Morgan fingerprint density at radius 3 is 2.79 bits per heavy atom. The van der Waals surface area contributed by atoms with E-state index in [4.69, 9.17) is 9.15 Å². The van der Waals surface area contributed by atoms with Crippen LogP contribution in [-0.2, 0) is 4.74 Å². The maximum atomic E-state index is 9.72. The molecule has 1 heterocycles. The van der Waals surface area contributed by atoms with Gasteiger partial charge in [-0.25, -0.2) is 0 Å². The van der Waals surface area contributed by atoms with Gasteiger partial charge in [-0.3, -0.25) is 0 Å². The SMILES string of the molecule is COC(C)(C)CCC(O)c1ccco1. The lowest BCUT2D eigenvalue weighted by Crippen LogP contribution is -2.22. The fourth-order valence-corrected chi connectivity index (χ4v) is 1.21. The van der Waals surface area contributed by atoms with E-state index in [2.05, 4.69) is 0 Å². The normalized spacial score (nSPS) is 14.3.